The van der Waals surface area contributed by atoms with E-state index in [9.17, 15) is 4.39 Å². The summed E-state index contributed by atoms with van der Waals surface area (Å²) in [6.45, 7) is 0.758. The molecular weight excluding hydrogens is 237 g/mol. The molecule has 2 rings (SSSR count). The van der Waals surface area contributed by atoms with Crippen molar-refractivity contribution in [1.82, 2.24) is 15.5 Å². The van der Waals surface area contributed by atoms with E-state index in [2.05, 4.69) is 15.5 Å². The van der Waals surface area contributed by atoms with E-state index in [0.717, 1.165) is 6.54 Å². The van der Waals surface area contributed by atoms with Gasteiger partial charge in [-0.1, -0.05) is 5.16 Å². The third kappa shape index (κ3) is 2.65. The van der Waals surface area contributed by atoms with Crippen molar-refractivity contribution in [3.05, 3.63) is 29.9 Å². The van der Waals surface area contributed by atoms with Crippen molar-refractivity contribution in [3.8, 4) is 17.1 Å². The SMILES string of the molecule is CNCCc1nc(-c2ccc(F)c(OC)c2)no1. The number of likely N-dealkylation sites (N-methyl/N-ethyl adjacent to an activating group) is 1. The summed E-state index contributed by atoms with van der Waals surface area (Å²) >= 11 is 0. The highest BCUT2D eigenvalue weighted by molar-refractivity contribution is 5.57. The molecule has 0 spiro atoms. The van der Waals surface area contributed by atoms with Crippen molar-refractivity contribution in [2.24, 2.45) is 0 Å². The van der Waals surface area contributed by atoms with E-state index in [1.54, 1.807) is 12.1 Å². The van der Waals surface area contributed by atoms with Gasteiger partial charge in [0.05, 0.1) is 7.11 Å². The Morgan fingerprint density at radius 2 is 2.28 bits per heavy atom. The van der Waals surface area contributed by atoms with Crippen molar-refractivity contribution < 1.29 is 13.7 Å². The molecule has 0 atom stereocenters. The van der Waals surface area contributed by atoms with Gasteiger partial charge in [0.15, 0.2) is 11.6 Å². The van der Waals surface area contributed by atoms with E-state index in [1.807, 2.05) is 7.05 Å². The Hall–Kier alpha value is -1.95. The van der Waals surface area contributed by atoms with E-state index >= 15 is 0 Å². The summed E-state index contributed by atoms with van der Waals surface area (Å²) in [6.07, 6.45) is 0.655. The molecule has 0 aliphatic heterocycles. The summed E-state index contributed by atoms with van der Waals surface area (Å²) in [4.78, 5) is 4.23. The second kappa shape index (κ2) is 5.59. The number of nitrogens with one attached hydrogen (secondary N) is 1. The first kappa shape index (κ1) is 12.5. The maximum absolute atomic E-state index is 13.3. The summed E-state index contributed by atoms with van der Waals surface area (Å²) in [5.74, 6) is 0.719. The molecule has 0 saturated carbocycles. The van der Waals surface area contributed by atoms with Crippen LogP contribution in [0.3, 0.4) is 0 Å². The van der Waals surface area contributed by atoms with Crippen LogP contribution < -0.4 is 10.1 Å². The van der Waals surface area contributed by atoms with E-state index in [4.69, 9.17) is 9.26 Å². The zero-order chi connectivity index (χ0) is 13.0. The highest BCUT2D eigenvalue weighted by Crippen LogP contribution is 2.24. The van der Waals surface area contributed by atoms with Crippen LogP contribution in [0.25, 0.3) is 11.4 Å². The Morgan fingerprint density at radius 3 is 3.00 bits per heavy atom. The van der Waals surface area contributed by atoms with Crippen molar-refractivity contribution in [2.75, 3.05) is 20.7 Å². The fourth-order valence-electron chi connectivity index (χ4n) is 1.50. The van der Waals surface area contributed by atoms with Crippen LogP contribution in [0.5, 0.6) is 5.75 Å². The highest BCUT2D eigenvalue weighted by atomic mass is 19.1. The van der Waals surface area contributed by atoms with Gasteiger partial charge in [-0.05, 0) is 25.2 Å². The zero-order valence-corrected chi connectivity index (χ0v) is 10.2. The number of rotatable bonds is 5. The van der Waals surface area contributed by atoms with E-state index in [0.29, 0.717) is 23.7 Å². The number of nitrogens with zero attached hydrogens (tertiary/aromatic N) is 2. The monoisotopic (exact) mass is 251 g/mol. The summed E-state index contributed by atoms with van der Waals surface area (Å²) in [7, 11) is 3.26. The lowest BCUT2D eigenvalue weighted by Crippen LogP contribution is -2.10. The van der Waals surface area contributed by atoms with E-state index < -0.39 is 5.82 Å². The first-order valence-electron chi connectivity index (χ1n) is 5.55. The molecule has 96 valence electrons. The van der Waals surface area contributed by atoms with E-state index in [-0.39, 0.29) is 5.75 Å². The number of hydrogen-bond donors (Lipinski definition) is 1. The highest BCUT2D eigenvalue weighted by Gasteiger charge is 2.11. The Kier molecular flexibility index (Phi) is 3.88. The molecule has 1 heterocycles. The quantitative estimate of drug-likeness (QED) is 0.875. The zero-order valence-electron chi connectivity index (χ0n) is 10.2. The molecule has 0 saturated heterocycles. The molecule has 1 aromatic heterocycles. The molecule has 0 aliphatic carbocycles. The third-order valence-corrected chi connectivity index (χ3v) is 2.47. The lowest BCUT2D eigenvalue weighted by Gasteiger charge is -2.02. The number of hydrogen-bond acceptors (Lipinski definition) is 5. The first-order chi connectivity index (χ1) is 8.74. The Balaban J connectivity index is 2.23. The summed E-state index contributed by atoms with van der Waals surface area (Å²) < 4.78 is 23.3. The van der Waals surface area contributed by atoms with Crippen LogP contribution in [0.2, 0.25) is 0 Å². The number of aromatic nitrogens is 2. The maximum Gasteiger partial charge on any atom is 0.228 e. The van der Waals surface area contributed by atoms with Crippen LogP contribution in [-0.4, -0.2) is 30.8 Å². The number of halogens is 1. The Labute approximate surface area is 104 Å². The van der Waals surface area contributed by atoms with Crippen LogP contribution in [0, 0.1) is 5.82 Å². The molecule has 0 radical (unpaired) electrons. The smallest absolute Gasteiger partial charge is 0.228 e. The van der Waals surface area contributed by atoms with Crippen molar-refractivity contribution in [1.29, 1.82) is 0 Å². The molecular formula is C12H14FN3O2. The minimum Gasteiger partial charge on any atom is -0.494 e. The van der Waals surface area contributed by atoms with Crippen molar-refractivity contribution in [3.63, 3.8) is 0 Å². The van der Waals surface area contributed by atoms with Gasteiger partial charge in [-0.15, -0.1) is 0 Å². The minimum atomic E-state index is -0.417. The van der Waals surface area contributed by atoms with Gasteiger partial charge >= 0.3 is 0 Å². The summed E-state index contributed by atoms with van der Waals surface area (Å²) in [5.41, 5.74) is 0.660. The van der Waals surface area contributed by atoms with Gasteiger partial charge < -0.3 is 14.6 Å². The predicted molar refractivity (Wildman–Crippen MR) is 63.9 cm³/mol. The number of ether oxygens (including phenoxy) is 1. The molecule has 18 heavy (non-hydrogen) atoms. The fraction of sp³-hybridized carbons (Fsp3) is 0.333. The average Bonchev–Trinajstić information content (AvgIpc) is 2.85. The van der Waals surface area contributed by atoms with Gasteiger partial charge in [0, 0.05) is 18.5 Å². The second-order valence-electron chi connectivity index (χ2n) is 3.71. The molecule has 0 amide bonds. The molecule has 5 nitrogen and oxygen atoms in total. The van der Waals surface area contributed by atoms with Crippen LogP contribution in [-0.2, 0) is 6.42 Å². The molecule has 0 bridgehead atoms. The molecule has 1 aromatic carbocycles. The van der Waals surface area contributed by atoms with Gasteiger partial charge in [-0.3, -0.25) is 0 Å². The molecule has 6 heteroatoms. The van der Waals surface area contributed by atoms with Gasteiger partial charge in [0.25, 0.3) is 0 Å². The lowest BCUT2D eigenvalue weighted by molar-refractivity contribution is 0.377. The topological polar surface area (TPSA) is 60.2 Å². The Bertz CT molecular complexity index is 528. The molecule has 2 aromatic rings. The summed E-state index contributed by atoms with van der Waals surface area (Å²) in [5, 5.41) is 6.85. The average molecular weight is 251 g/mol. The largest absolute Gasteiger partial charge is 0.494 e. The molecule has 0 fully saturated rings. The molecule has 0 unspecified atom stereocenters. The predicted octanol–water partition coefficient (Wildman–Crippen LogP) is 1.65. The van der Waals surface area contributed by atoms with Crippen LogP contribution >= 0.6 is 0 Å². The summed E-state index contributed by atoms with van der Waals surface area (Å²) in [6, 6.07) is 4.45. The minimum absolute atomic E-state index is 0.161. The normalized spacial score (nSPS) is 10.6. The van der Waals surface area contributed by atoms with Crippen LogP contribution in [0.1, 0.15) is 5.89 Å². The number of benzene rings is 1. The van der Waals surface area contributed by atoms with Gasteiger partial charge in [0.2, 0.25) is 11.7 Å². The van der Waals surface area contributed by atoms with Gasteiger partial charge in [-0.25, -0.2) is 4.39 Å². The molecule has 1 N–H and O–H groups in total. The van der Waals surface area contributed by atoms with Gasteiger partial charge in [-0.2, -0.15) is 4.98 Å². The van der Waals surface area contributed by atoms with E-state index in [1.165, 1.54) is 13.2 Å². The maximum atomic E-state index is 13.3. The van der Waals surface area contributed by atoms with Crippen molar-refractivity contribution >= 4 is 0 Å². The van der Waals surface area contributed by atoms with Crippen molar-refractivity contribution in [2.45, 2.75) is 6.42 Å². The molecule has 0 aliphatic rings. The lowest BCUT2D eigenvalue weighted by atomic mass is 10.2. The first-order valence-corrected chi connectivity index (χ1v) is 5.55. The van der Waals surface area contributed by atoms with Crippen LogP contribution in [0.15, 0.2) is 22.7 Å². The second-order valence-corrected chi connectivity index (χ2v) is 3.71. The third-order valence-electron chi connectivity index (χ3n) is 2.47. The number of methoxy groups -OCH3 is 1. The standard InChI is InChI=1S/C12H14FN3O2/c1-14-6-5-11-15-12(16-18-11)8-3-4-9(13)10(7-8)17-2/h3-4,7,14H,5-6H2,1-2H3. The fourth-order valence-corrected chi connectivity index (χ4v) is 1.50. The van der Waals surface area contributed by atoms with Crippen LogP contribution in [0.4, 0.5) is 4.39 Å². The van der Waals surface area contributed by atoms with Gasteiger partial charge in [0.1, 0.15) is 0 Å². The Morgan fingerprint density at radius 1 is 1.44 bits per heavy atom.